The van der Waals surface area contributed by atoms with Crippen LogP contribution in [0.2, 0.25) is 0 Å². The Labute approximate surface area is 121 Å². The van der Waals surface area contributed by atoms with Gasteiger partial charge in [-0.15, -0.1) is 0 Å². The molecule has 0 atom stereocenters. The summed E-state index contributed by atoms with van der Waals surface area (Å²) in [6.45, 7) is 0. The maximum Gasteiger partial charge on any atom is 0.324 e. The maximum absolute atomic E-state index is 12.3. The quantitative estimate of drug-likeness (QED) is 0.753. The lowest BCUT2D eigenvalue weighted by molar-refractivity contribution is -0.140. The second-order valence-corrected chi connectivity index (χ2v) is 5.23. The van der Waals surface area contributed by atoms with Crippen LogP contribution >= 0.6 is 0 Å². The van der Waals surface area contributed by atoms with Crippen LogP contribution in [0.25, 0.3) is 11.1 Å². The van der Waals surface area contributed by atoms with E-state index < -0.39 is 11.4 Å². The molecule has 3 heteroatoms. The molecule has 1 aliphatic carbocycles. The molecule has 4 rings (SSSR count). The lowest BCUT2D eigenvalue weighted by Crippen LogP contribution is -2.36. The molecule has 0 bridgehead atoms. The number of aliphatic carboxylic acids is 1. The minimum absolute atomic E-state index is 0.687. The van der Waals surface area contributed by atoms with Crippen molar-refractivity contribution in [2.24, 2.45) is 0 Å². The zero-order chi connectivity index (χ0) is 14.4. The molecular weight excluding hydrogens is 262 g/mol. The second kappa shape index (κ2) is 4.09. The third kappa shape index (κ3) is 1.35. The first-order valence-electron chi connectivity index (χ1n) is 6.83. The zero-order valence-electron chi connectivity index (χ0n) is 11.2. The first kappa shape index (κ1) is 12.0. The van der Waals surface area contributed by atoms with Gasteiger partial charge in [0.1, 0.15) is 0 Å². The molecule has 0 saturated carbocycles. The van der Waals surface area contributed by atoms with Crippen LogP contribution in [0, 0.1) is 0 Å². The summed E-state index contributed by atoms with van der Waals surface area (Å²) in [5.74, 6) is -0.859. The summed E-state index contributed by atoms with van der Waals surface area (Å²) >= 11 is 0. The van der Waals surface area contributed by atoms with Crippen LogP contribution in [0.4, 0.5) is 0 Å². The number of hydrogen-bond donors (Lipinski definition) is 2. The molecule has 0 saturated heterocycles. The van der Waals surface area contributed by atoms with E-state index in [9.17, 15) is 9.90 Å². The first-order valence-corrected chi connectivity index (χ1v) is 6.83. The van der Waals surface area contributed by atoms with Gasteiger partial charge in [-0.1, -0.05) is 48.5 Å². The highest BCUT2D eigenvalue weighted by atomic mass is 16.4. The summed E-state index contributed by atoms with van der Waals surface area (Å²) in [4.78, 5) is 15.4. The van der Waals surface area contributed by atoms with Crippen LogP contribution < -0.4 is 0 Å². The van der Waals surface area contributed by atoms with Crippen molar-refractivity contribution < 1.29 is 9.90 Å². The summed E-state index contributed by atoms with van der Waals surface area (Å²) in [5, 5.41) is 10.1. The Balaban J connectivity index is 2.19. The predicted molar refractivity (Wildman–Crippen MR) is 80.2 cm³/mol. The van der Waals surface area contributed by atoms with Crippen molar-refractivity contribution in [3.8, 4) is 11.1 Å². The largest absolute Gasteiger partial charge is 0.480 e. The molecule has 1 heterocycles. The van der Waals surface area contributed by atoms with Gasteiger partial charge in [-0.3, -0.25) is 4.79 Å². The van der Waals surface area contributed by atoms with E-state index >= 15 is 0 Å². The van der Waals surface area contributed by atoms with E-state index in [4.69, 9.17) is 0 Å². The fourth-order valence-corrected chi connectivity index (χ4v) is 3.43. The normalized spacial score (nSPS) is 14.5. The van der Waals surface area contributed by atoms with Crippen LogP contribution in [0.15, 0.2) is 66.9 Å². The molecular formula is C18H13NO2. The van der Waals surface area contributed by atoms with Crippen LogP contribution in [-0.2, 0) is 10.2 Å². The molecule has 1 aliphatic rings. The van der Waals surface area contributed by atoms with Crippen molar-refractivity contribution in [3.05, 3.63) is 83.7 Å². The number of fused-ring (bicyclic) bond motifs is 3. The third-order valence-electron chi connectivity index (χ3n) is 4.28. The number of carboxylic acid groups (broad SMARTS) is 1. The number of carbonyl (C=O) groups is 1. The van der Waals surface area contributed by atoms with Crippen LogP contribution in [0.3, 0.4) is 0 Å². The number of aromatic nitrogens is 1. The van der Waals surface area contributed by atoms with E-state index in [-0.39, 0.29) is 0 Å². The number of carboxylic acids is 1. The van der Waals surface area contributed by atoms with Gasteiger partial charge in [0.2, 0.25) is 0 Å². The van der Waals surface area contributed by atoms with Crippen LogP contribution in [0.1, 0.15) is 16.8 Å². The molecule has 0 fully saturated rings. The number of nitrogens with one attached hydrogen (secondary N) is 1. The highest BCUT2D eigenvalue weighted by Crippen LogP contribution is 2.52. The van der Waals surface area contributed by atoms with Crippen LogP contribution in [-0.4, -0.2) is 16.1 Å². The Morgan fingerprint density at radius 1 is 0.857 bits per heavy atom. The van der Waals surface area contributed by atoms with Gasteiger partial charge in [0, 0.05) is 11.9 Å². The fraction of sp³-hybridized carbons (Fsp3) is 0.0556. The van der Waals surface area contributed by atoms with E-state index in [1.54, 1.807) is 6.20 Å². The predicted octanol–water partition coefficient (Wildman–Crippen LogP) is 3.41. The number of benzene rings is 2. The van der Waals surface area contributed by atoms with Crippen molar-refractivity contribution in [2.45, 2.75) is 5.41 Å². The van der Waals surface area contributed by atoms with Crippen molar-refractivity contribution in [1.82, 2.24) is 4.98 Å². The lowest BCUT2D eigenvalue weighted by Gasteiger charge is -2.26. The molecule has 0 unspecified atom stereocenters. The third-order valence-corrected chi connectivity index (χ3v) is 4.28. The van der Waals surface area contributed by atoms with Gasteiger partial charge in [-0.05, 0) is 34.4 Å². The van der Waals surface area contributed by atoms with Gasteiger partial charge in [0.15, 0.2) is 5.41 Å². The number of hydrogen-bond acceptors (Lipinski definition) is 1. The topological polar surface area (TPSA) is 53.1 Å². The van der Waals surface area contributed by atoms with Crippen LogP contribution in [0.5, 0.6) is 0 Å². The molecule has 0 amide bonds. The zero-order valence-corrected chi connectivity index (χ0v) is 11.2. The maximum atomic E-state index is 12.3. The average Bonchev–Trinajstić information content (AvgIpc) is 3.11. The summed E-state index contributed by atoms with van der Waals surface area (Å²) < 4.78 is 0. The Morgan fingerprint density at radius 3 is 1.90 bits per heavy atom. The standard InChI is InChI=1S/C18H13NO2/c20-17(21)18(16-10-5-11-19-16)14-8-3-1-6-12(14)13-7-2-4-9-15(13)18/h1-11,19H,(H,20,21). The first-order chi connectivity index (χ1) is 10.3. The van der Waals surface area contributed by atoms with Crippen molar-refractivity contribution in [2.75, 3.05) is 0 Å². The SMILES string of the molecule is O=C(O)C1(c2ccc[nH]2)c2ccccc2-c2ccccc21. The van der Waals surface area contributed by atoms with Crippen molar-refractivity contribution >= 4 is 5.97 Å². The summed E-state index contributed by atoms with van der Waals surface area (Å²) in [5.41, 5.74) is 3.15. The van der Waals surface area contributed by atoms with E-state index in [1.165, 1.54) is 0 Å². The molecule has 2 aromatic carbocycles. The Morgan fingerprint density at radius 2 is 1.43 bits per heavy atom. The minimum atomic E-state index is -1.16. The Hall–Kier alpha value is -2.81. The highest BCUT2D eigenvalue weighted by Gasteiger charge is 2.51. The number of H-pyrrole nitrogens is 1. The van der Waals surface area contributed by atoms with Crippen molar-refractivity contribution in [1.29, 1.82) is 0 Å². The molecule has 0 aliphatic heterocycles. The molecule has 21 heavy (non-hydrogen) atoms. The summed E-state index contributed by atoms with van der Waals surface area (Å²) in [6, 6.07) is 19.1. The molecule has 3 aromatic rings. The van der Waals surface area contributed by atoms with Gasteiger partial charge >= 0.3 is 5.97 Å². The van der Waals surface area contributed by atoms with E-state index in [2.05, 4.69) is 4.98 Å². The van der Waals surface area contributed by atoms with E-state index in [1.807, 2.05) is 60.7 Å². The molecule has 102 valence electrons. The summed E-state index contributed by atoms with van der Waals surface area (Å²) in [7, 11) is 0. The fourth-order valence-electron chi connectivity index (χ4n) is 3.43. The van der Waals surface area contributed by atoms with Gasteiger partial charge in [0.25, 0.3) is 0 Å². The monoisotopic (exact) mass is 275 g/mol. The van der Waals surface area contributed by atoms with Gasteiger partial charge in [-0.2, -0.15) is 0 Å². The molecule has 0 radical (unpaired) electrons. The van der Waals surface area contributed by atoms with E-state index in [0.717, 1.165) is 22.3 Å². The Kier molecular flexibility index (Phi) is 2.33. The van der Waals surface area contributed by atoms with Gasteiger partial charge < -0.3 is 10.1 Å². The second-order valence-electron chi connectivity index (χ2n) is 5.23. The highest BCUT2D eigenvalue weighted by molar-refractivity contribution is 6.00. The van der Waals surface area contributed by atoms with Gasteiger partial charge in [0.05, 0.1) is 0 Å². The summed E-state index contributed by atoms with van der Waals surface area (Å²) in [6.07, 6.45) is 1.77. The Bertz CT molecular complexity index is 788. The number of aromatic amines is 1. The number of rotatable bonds is 2. The average molecular weight is 275 g/mol. The molecule has 0 spiro atoms. The van der Waals surface area contributed by atoms with Crippen molar-refractivity contribution in [3.63, 3.8) is 0 Å². The smallest absolute Gasteiger partial charge is 0.324 e. The van der Waals surface area contributed by atoms with E-state index in [0.29, 0.717) is 5.69 Å². The van der Waals surface area contributed by atoms with Gasteiger partial charge in [-0.25, -0.2) is 0 Å². The molecule has 1 aromatic heterocycles. The lowest BCUT2D eigenvalue weighted by atomic mass is 9.75. The molecule has 2 N–H and O–H groups in total. The molecule has 3 nitrogen and oxygen atoms in total. The minimum Gasteiger partial charge on any atom is -0.480 e.